The molecule has 2 aliphatic heterocycles. The highest BCUT2D eigenvalue weighted by molar-refractivity contribution is 7.80. The predicted octanol–water partition coefficient (Wildman–Crippen LogP) is 3.62. The van der Waals surface area contributed by atoms with Gasteiger partial charge in [-0.25, -0.2) is 0 Å². The van der Waals surface area contributed by atoms with E-state index in [0.717, 1.165) is 30.3 Å². The summed E-state index contributed by atoms with van der Waals surface area (Å²) in [6, 6.07) is 16.1. The van der Waals surface area contributed by atoms with E-state index in [4.69, 9.17) is 26.4 Å². The summed E-state index contributed by atoms with van der Waals surface area (Å²) in [5.74, 6) is 1.53. The summed E-state index contributed by atoms with van der Waals surface area (Å²) in [5, 5.41) is 4.01. The van der Waals surface area contributed by atoms with Crippen molar-refractivity contribution in [2.75, 3.05) is 31.6 Å². The largest absolute Gasteiger partial charge is 0.486 e. The summed E-state index contributed by atoms with van der Waals surface area (Å²) in [7, 11) is 0. The molecule has 0 saturated carbocycles. The average molecular weight is 370 g/mol. The quantitative estimate of drug-likeness (QED) is 0.815. The van der Waals surface area contributed by atoms with E-state index in [-0.39, 0.29) is 12.2 Å². The Morgan fingerprint density at radius 1 is 1.04 bits per heavy atom. The van der Waals surface area contributed by atoms with Gasteiger partial charge in [-0.3, -0.25) is 0 Å². The second-order valence-electron chi connectivity index (χ2n) is 6.54. The minimum absolute atomic E-state index is 0.0139. The third kappa shape index (κ3) is 3.76. The number of anilines is 1. The zero-order chi connectivity index (χ0) is 17.9. The maximum atomic E-state index is 6.11. The van der Waals surface area contributed by atoms with Crippen LogP contribution >= 0.6 is 12.2 Å². The number of hydrogen-bond donors (Lipinski definition) is 1. The molecule has 0 spiro atoms. The van der Waals surface area contributed by atoms with Gasteiger partial charge in [-0.2, -0.15) is 0 Å². The number of hydrogen-bond acceptors (Lipinski definition) is 4. The van der Waals surface area contributed by atoms with E-state index in [1.807, 2.05) is 36.4 Å². The van der Waals surface area contributed by atoms with E-state index < -0.39 is 0 Å². The van der Waals surface area contributed by atoms with Crippen molar-refractivity contribution in [1.82, 2.24) is 4.90 Å². The predicted molar refractivity (Wildman–Crippen MR) is 105 cm³/mol. The van der Waals surface area contributed by atoms with Crippen molar-refractivity contribution in [1.29, 1.82) is 0 Å². The zero-order valence-electron chi connectivity index (χ0n) is 14.7. The Morgan fingerprint density at radius 3 is 2.62 bits per heavy atom. The second kappa shape index (κ2) is 7.51. The van der Waals surface area contributed by atoms with Gasteiger partial charge in [-0.15, -0.1) is 0 Å². The molecule has 0 amide bonds. The van der Waals surface area contributed by atoms with Gasteiger partial charge in [0.25, 0.3) is 0 Å². The van der Waals surface area contributed by atoms with Crippen LogP contribution in [0.25, 0.3) is 0 Å². The first-order valence-electron chi connectivity index (χ1n) is 8.85. The van der Waals surface area contributed by atoms with Gasteiger partial charge in [0.05, 0.1) is 12.6 Å². The Balaban J connectivity index is 1.45. The van der Waals surface area contributed by atoms with E-state index in [1.165, 1.54) is 5.56 Å². The molecule has 0 aliphatic carbocycles. The lowest BCUT2D eigenvalue weighted by Gasteiger charge is -2.38. The topological polar surface area (TPSA) is 43.0 Å². The fourth-order valence-corrected chi connectivity index (χ4v) is 3.56. The van der Waals surface area contributed by atoms with Crippen molar-refractivity contribution in [2.45, 2.75) is 19.1 Å². The Bertz CT molecular complexity index is 784. The van der Waals surface area contributed by atoms with Crippen LogP contribution in [0.15, 0.2) is 48.5 Å². The molecule has 5 nitrogen and oxygen atoms in total. The normalized spacial score (nSPS) is 22.0. The molecule has 2 aromatic carbocycles. The molecule has 4 rings (SSSR count). The summed E-state index contributed by atoms with van der Waals surface area (Å²) in [4.78, 5) is 2.16. The summed E-state index contributed by atoms with van der Waals surface area (Å²) >= 11 is 5.65. The molecule has 1 N–H and O–H groups in total. The number of ether oxygens (including phenoxy) is 3. The van der Waals surface area contributed by atoms with E-state index >= 15 is 0 Å². The van der Waals surface area contributed by atoms with Gasteiger partial charge < -0.3 is 24.4 Å². The standard InChI is InChI=1S/C20H22N2O3S/c1-14-12-22(13-19(25-14)15-5-3-2-4-6-15)20(26)21-16-7-8-17-18(11-16)24-10-9-23-17/h2-8,11,14,19H,9-10,12-13H2,1H3,(H,21,26). The summed E-state index contributed by atoms with van der Waals surface area (Å²) < 4.78 is 17.3. The number of nitrogens with zero attached hydrogens (tertiary/aromatic N) is 1. The summed E-state index contributed by atoms with van der Waals surface area (Å²) in [6.07, 6.45) is 0.119. The van der Waals surface area contributed by atoms with Crippen molar-refractivity contribution in [3.8, 4) is 11.5 Å². The molecule has 0 bridgehead atoms. The summed E-state index contributed by atoms with van der Waals surface area (Å²) in [6.45, 7) is 4.73. The van der Waals surface area contributed by atoms with Crippen LogP contribution in [0, 0.1) is 0 Å². The zero-order valence-corrected chi connectivity index (χ0v) is 15.5. The lowest BCUT2D eigenvalue weighted by Crippen LogP contribution is -2.47. The molecule has 2 atom stereocenters. The summed E-state index contributed by atoms with van der Waals surface area (Å²) in [5.41, 5.74) is 2.07. The minimum atomic E-state index is 0.0139. The first-order chi connectivity index (χ1) is 12.7. The highest BCUT2D eigenvalue weighted by Crippen LogP contribution is 2.33. The number of thiocarbonyl (C=S) groups is 1. The third-order valence-electron chi connectivity index (χ3n) is 4.51. The van der Waals surface area contributed by atoms with Crippen molar-refractivity contribution in [3.05, 3.63) is 54.1 Å². The van der Waals surface area contributed by atoms with Gasteiger partial charge in [0.2, 0.25) is 0 Å². The number of fused-ring (bicyclic) bond motifs is 1. The van der Waals surface area contributed by atoms with Crippen LogP contribution in [0.2, 0.25) is 0 Å². The fraction of sp³-hybridized carbons (Fsp3) is 0.350. The molecule has 26 heavy (non-hydrogen) atoms. The third-order valence-corrected chi connectivity index (χ3v) is 4.87. The number of nitrogens with one attached hydrogen (secondary N) is 1. The molecule has 0 radical (unpaired) electrons. The molecular formula is C20H22N2O3S. The maximum absolute atomic E-state index is 6.11. The van der Waals surface area contributed by atoms with E-state index in [1.54, 1.807) is 0 Å². The lowest BCUT2D eigenvalue weighted by atomic mass is 10.1. The van der Waals surface area contributed by atoms with Gasteiger partial charge in [0, 0.05) is 18.3 Å². The molecule has 1 saturated heterocycles. The molecule has 0 aromatic heterocycles. The van der Waals surface area contributed by atoms with Crippen LogP contribution in [0.1, 0.15) is 18.6 Å². The number of benzene rings is 2. The lowest BCUT2D eigenvalue weighted by molar-refractivity contribution is -0.0589. The molecule has 136 valence electrons. The van der Waals surface area contributed by atoms with Gasteiger partial charge in [0.15, 0.2) is 16.6 Å². The van der Waals surface area contributed by atoms with Crippen molar-refractivity contribution < 1.29 is 14.2 Å². The highest BCUT2D eigenvalue weighted by Gasteiger charge is 2.28. The molecule has 1 fully saturated rings. The van der Waals surface area contributed by atoms with Crippen LogP contribution in [0.5, 0.6) is 11.5 Å². The highest BCUT2D eigenvalue weighted by atomic mass is 32.1. The van der Waals surface area contributed by atoms with Crippen LogP contribution < -0.4 is 14.8 Å². The maximum Gasteiger partial charge on any atom is 0.173 e. The fourth-order valence-electron chi connectivity index (χ4n) is 3.29. The van der Waals surface area contributed by atoms with Crippen LogP contribution in [-0.2, 0) is 4.74 Å². The van der Waals surface area contributed by atoms with Crippen LogP contribution in [0.3, 0.4) is 0 Å². The van der Waals surface area contributed by atoms with E-state index in [0.29, 0.717) is 18.3 Å². The molecule has 2 unspecified atom stereocenters. The molecular weight excluding hydrogens is 348 g/mol. The monoisotopic (exact) mass is 370 g/mol. The van der Waals surface area contributed by atoms with Gasteiger partial charge in [-0.05, 0) is 36.8 Å². The van der Waals surface area contributed by atoms with E-state index in [9.17, 15) is 0 Å². The molecule has 2 aliphatic rings. The Morgan fingerprint density at radius 2 is 1.81 bits per heavy atom. The Hall–Kier alpha value is -2.31. The second-order valence-corrected chi connectivity index (χ2v) is 6.93. The first-order valence-corrected chi connectivity index (χ1v) is 9.26. The SMILES string of the molecule is CC1CN(C(=S)Nc2ccc3c(c2)OCCO3)CC(c2ccccc2)O1. The van der Waals surface area contributed by atoms with Crippen molar-refractivity contribution >= 4 is 23.0 Å². The van der Waals surface area contributed by atoms with Crippen molar-refractivity contribution in [3.63, 3.8) is 0 Å². The molecule has 2 heterocycles. The Labute approximate surface area is 158 Å². The van der Waals surface area contributed by atoms with Crippen LogP contribution in [-0.4, -0.2) is 42.4 Å². The smallest absolute Gasteiger partial charge is 0.173 e. The number of rotatable bonds is 2. The van der Waals surface area contributed by atoms with Crippen LogP contribution in [0.4, 0.5) is 5.69 Å². The van der Waals surface area contributed by atoms with Gasteiger partial charge in [0.1, 0.15) is 19.3 Å². The Kier molecular flexibility index (Phi) is 4.95. The van der Waals surface area contributed by atoms with E-state index in [2.05, 4.69) is 29.3 Å². The average Bonchev–Trinajstić information content (AvgIpc) is 2.68. The number of morpholine rings is 1. The first kappa shape index (κ1) is 17.1. The van der Waals surface area contributed by atoms with Crippen molar-refractivity contribution in [2.24, 2.45) is 0 Å². The van der Waals surface area contributed by atoms with Gasteiger partial charge >= 0.3 is 0 Å². The van der Waals surface area contributed by atoms with Gasteiger partial charge in [-0.1, -0.05) is 30.3 Å². The molecule has 6 heteroatoms. The minimum Gasteiger partial charge on any atom is -0.486 e. The molecule has 2 aromatic rings.